The molecule has 1 aliphatic rings. The van der Waals surface area contributed by atoms with E-state index < -0.39 is 5.41 Å². The summed E-state index contributed by atoms with van der Waals surface area (Å²) in [6, 6.07) is 3.75. The van der Waals surface area contributed by atoms with Gasteiger partial charge in [-0.15, -0.1) is 0 Å². The van der Waals surface area contributed by atoms with Crippen LogP contribution < -0.4 is 4.74 Å². The number of carbonyl (C=O) groups is 1. The van der Waals surface area contributed by atoms with Gasteiger partial charge in [-0.2, -0.15) is 0 Å². The largest absolute Gasteiger partial charge is 0.491 e. The van der Waals surface area contributed by atoms with Crippen LogP contribution in [0.25, 0.3) is 0 Å². The molecule has 3 nitrogen and oxygen atoms in total. The first-order valence-electron chi connectivity index (χ1n) is 6.80. The highest BCUT2D eigenvalue weighted by Crippen LogP contribution is 2.41. The van der Waals surface area contributed by atoms with Crippen molar-refractivity contribution >= 4 is 37.6 Å². The Labute approximate surface area is 136 Å². The maximum Gasteiger partial charge on any atom is 0.177 e. The summed E-state index contributed by atoms with van der Waals surface area (Å²) in [4.78, 5) is 15.1. The second-order valence-electron chi connectivity index (χ2n) is 5.40. The van der Waals surface area contributed by atoms with Gasteiger partial charge in [-0.1, -0.05) is 29.8 Å². The van der Waals surface area contributed by atoms with Crippen LogP contribution in [0.5, 0.6) is 5.75 Å². The average molecular weight is 405 g/mol. The number of hydrogen-bond acceptors (Lipinski definition) is 3. The number of halogens is 2. The Hall–Kier alpha value is -0.390. The lowest BCUT2D eigenvalue weighted by molar-refractivity contribution is 0.0534. The van der Waals surface area contributed by atoms with Gasteiger partial charge in [0.15, 0.2) is 5.78 Å². The minimum atomic E-state index is -0.487. The predicted molar refractivity (Wildman–Crippen MR) is 87.6 cm³/mol. The molecule has 1 aromatic carbocycles. The number of hydrogen-bond donors (Lipinski definition) is 0. The van der Waals surface area contributed by atoms with E-state index in [1.807, 2.05) is 19.1 Å². The summed E-state index contributed by atoms with van der Waals surface area (Å²) in [6.07, 6.45) is 0. The Kier molecular flexibility index (Phi) is 4.92. The van der Waals surface area contributed by atoms with E-state index in [4.69, 9.17) is 4.74 Å². The van der Waals surface area contributed by atoms with Crippen LogP contribution in [0.4, 0.5) is 0 Å². The molecule has 2 rings (SSSR count). The van der Waals surface area contributed by atoms with Gasteiger partial charge in [-0.25, -0.2) is 0 Å². The monoisotopic (exact) mass is 403 g/mol. The molecule has 0 spiro atoms. The summed E-state index contributed by atoms with van der Waals surface area (Å²) in [6.45, 7) is 9.25. The van der Waals surface area contributed by atoms with E-state index in [1.54, 1.807) is 0 Å². The van der Waals surface area contributed by atoms with Gasteiger partial charge in [0.25, 0.3) is 0 Å². The van der Waals surface area contributed by atoms with Crippen LogP contribution in [-0.2, 0) is 0 Å². The third kappa shape index (κ3) is 2.95. The molecule has 0 aliphatic carbocycles. The van der Waals surface area contributed by atoms with Crippen molar-refractivity contribution in [2.45, 2.75) is 20.8 Å². The topological polar surface area (TPSA) is 29.5 Å². The fraction of sp³-hybridized carbons (Fsp3) is 0.533. The first-order valence-corrected chi connectivity index (χ1v) is 8.39. The lowest BCUT2D eigenvalue weighted by atomic mass is 9.80. The Morgan fingerprint density at radius 3 is 2.55 bits per heavy atom. The minimum Gasteiger partial charge on any atom is -0.491 e. The summed E-state index contributed by atoms with van der Waals surface area (Å²) in [5.41, 5.74) is 0.173. The number of benzene rings is 1. The molecule has 1 aliphatic heterocycles. The van der Waals surface area contributed by atoms with Crippen LogP contribution in [0.1, 0.15) is 31.1 Å². The Morgan fingerprint density at radius 2 is 1.95 bits per heavy atom. The molecule has 0 bridgehead atoms. The van der Waals surface area contributed by atoms with Crippen molar-refractivity contribution in [1.29, 1.82) is 0 Å². The van der Waals surface area contributed by atoms with Gasteiger partial charge in [0.1, 0.15) is 12.4 Å². The fourth-order valence-electron chi connectivity index (χ4n) is 2.56. The molecule has 0 saturated carbocycles. The normalized spacial score (nSPS) is 21.8. The van der Waals surface area contributed by atoms with Crippen molar-refractivity contribution in [2.24, 2.45) is 5.41 Å². The number of fused-ring (bicyclic) bond motifs is 1. The number of ketones is 1. The number of Topliss-reactive ketones (excluding diaryl/α,β-unsaturated/α-hetero) is 1. The van der Waals surface area contributed by atoms with Gasteiger partial charge >= 0.3 is 0 Å². The minimum absolute atomic E-state index is 0.160. The summed E-state index contributed by atoms with van der Waals surface area (Å²) < 4.78 is 7.57. The van der Waals surface area contributed by atoms with Crippen molar-refractivity contribution in [3.8, 4) is 5.75 Å². The smallest absolute Gasteiger partial charge is 0.177 e. The molecule has 1 aromatic rings. The second kappa shape index (κ2) is 6.16. The maximum absolute atomic E-state index is 12.9. The molecule has 110 valence electrons. The second-order valence-corrected chi connectivity index (χ2v) is 7.17. The van der Waals surface area contributed by atoms with Crippen molar-refractivity contribution in [2.75, 3.05) is 26.2 Å². The quantitative estimate of drug-likeness (QED) is 0.755. The molecule has 5 heteroatoms. The van der Waals surface area contributed by atoms with Gasteiger partial charge in [0, 0.05) is 11.0 Å². The molecule has 0 amide bonds. The highest BCUT2D eigenvalue weighted by molar-refractivity contribution is 9.11. The van der Waals surface area contributed by atoms with Gasteiger partial charge in [-0.05, 0) is 48.1 Å². The molecular formula is C15H19Br2NO2. The zero-order chi connectivity index (χ0) is 14.9. The van der Waals surface area contributed by atoms with Crippen molar-refractivity contribution in [1.82, 2.24) is 4.90 Å². The van der Waals surface area contributed by atoms with E-state index >= 15 is 0 Å². The standard InChI is InChI=1S/C15H19Br2NO2/c1-4-18(5-2)8-15(3)9-20-13-11(14(15)19)6-10(16)7-12(13)17/h6-7H,4-5,8-9H2,1-3H3. The molecule has 0 fully saturated rings. The molecule has 1 atom stereocenters. The molecule has 1 unspecified atom stereocenters. The molecular weight excluding hydrogens is 386 g/mol. The molecule has 0 saturated heterocycles. The number of rotatable bonds is 4. The average Bonchev–Trinajstić information content (AvgIpc) is 2.41. The number of ether oxygens (including phenoxy) is 1. The van der Waals surface area contributed by atoms with E-state index in [0.717, 1.165) is 28.6 Å². The fourth-order valence-corrected chi connectivity index (χ4v) is 3.90. The first kappa shape index (κ1) is 16.0. The lowest BCUT2D eigenvalue weighted by Crippen LogP contribution is -2.47. The predicted octanol–water partition coefficient (Wildman–Crippen LogP) is 4.13. The van der Waals surface area contributed by atoms with E-state index in [0.29, 0.717) is 17.9 Å². The van der Waals surface area contributed by atoms with Crippen LogP contribution in [0.3, 0.4) is 0 Å². The highest BCUT2D eigenvalue weighted by atomic mass is 79.9. The van der Waals surface area contributed by atoms with Crippen LogP contribution >= 0.6 is 31.9 Å². The molecule has 0 N–H and O–H groups in total. The maximum atomic E-state index is 12.9. The van der Waals surface area contributed by atoms with Crippen LogP contribution in [0.15, 0.2) is 21.1 Å². The van der Waals surface area contributed by atoms with Gasteiger partial charge in [-0.3, -0.25) is 4.79 Å². The van der Waals surface area contributed by atoms with E-state index in [9.17, 15) is 4.79 Å². The Balaban J connectivity index is 2.35. The van der Waals surface area contributed by atoms with E-state index in [1.165, 1.54) is 0 Å². The van der Waals surface area contributed by atoms with Crippen LogP contribution in [-0.4, -0.2) is 36.9 Å². The van der Waals surface area contributed by atoms with E-state index in [2.05, 4.69) is 50.6 Å². The molecule has 20 heavy (non-hydrogen) atoms. The van der Waals surface area contributed by atoms with Gasteiger partial charge in [0.2, 0.25) is 0 Å². The van der Waals surface area contributed by atoms with E-state index in [-0.39, 0.29) is 5.78 Å². The van der Waals surface area contributed by atoms with Gasteiger partial charge < -0.3 is 9.64 Å². The Morgan fingerprint density at radius 1 is 1.30 bits per heavy atom. The summed E-state index contributed by atoms with van der Waals surface area (Å²) >= 11 is 6.89. The molecule has 1 heterocycles. The zero-order valence-electron chi connectivity index (χ0n) is 12.0. The number of carbonyl (C=O) groups excluding carboxylic acids is 1. The number of nitrogens with zero attached hydrogens (tertiary/aromatic N) is 1. The van der Waals surface area contributed by atoms with Crippen molar-refractivity contribution in [3.63, 3.8) is 0 Å². The third-order valence-corrected chi connectivity index (χ3v) is 4.85. The third-order valence-electron chi connectivity index (χ3n) is 3.80. The zero-order valence-corrected chi connectivity index (χ0v) is 15.2. The molecule has 0 aromatic heterocycles. The lowest BCUT2D eigenvalue weighted by Gasteiger charge is -2.37. The SMILES string of the molecule is CCN(CC)CC1(C)COc2c(Br)cc(Br)cc2C1=O. The van der Waals surface area contributed by atoms with Gasteiger partial charge in [0.05, 0.1) is 15.5 Å². The summed E-state index contributed by atoms with van der Waals surface area (Å²) in [7, 11) is 0. The summed E-state index contributed by atoms with van der Waals surface area (Å²) in [5, 5.41) is 0. The molecule has 0 radical (unpaired) electrons. The van der Waals surface area contributed by atoms with Crippen LogP contribution in [0, 0.1) is 5.41 Å². The van der Waals surface area contributed by atoms with Crippen LogP contribution in [0.2, 0.25) is 0 Å². The van der Waals surface area contributed by atoms with Crippen molar-refractivity contribution < 1.29 is 9.53 Å². The Bertz CT molecular complexity index is 529. The highest BCUT2D eigenvalue weighted by Gasteiger charge is 2.41. The van der Waals surface area contributed by atoms with Crippen molar-refractivity contribution in [3.05, 3.63) is 26.6 Å². The first-order chi connectivity index (χ1) is 9.41. The summed E-state index contributed by atoms with van der Waals surface area (Å²) in [5.74, 6) is 0.822.